The maximum atomic E-state index is 12.2. The van der Waals surface area contributed by atoms with E-state index < -0.39 is 5.60 Å². The van der Waals surface area contributed by atoms with E-state index in [1.165, 1.54) is 0 Å². The molecule has 0 aromatic carbocycles. The SMILES string of the molecule is CC(C)(C)OC(=O)N1CCCC1CNCCN1CCOCC1. The van der Waals surface area contributed by atoms with E-state index >= 15 is 0 Å². The number of carbonyl (C=O) groups excluding carboxylic acids is 1. The van der Waals surface area contributed by atoms with Crippen LogP contribution >= 0.6 is 0 Å². The van der Waals surface area contributed by atoms with Gasteiger partial charge in [-0.05, 0) is 33.6 Å². The predicted octanol–water partition coefficient (Wildman–Crippen LogP) is 1.31. The van der Waals surface area contributed by atoms with Crippen LogP contribution < -0.4 is 5.32 Å². The summed E-state index contributed by atoms with van der Waals surface area (Å²) in [5.74, 6) is 0. The summed E-state index contributed by atoms with van der Waals surface area (Å²) in [6.45, 7) is 13.1. The van der Waals surface area contributed by atoms with E-state index in [4.69, 9.17) is 9.47 Å². The first-order valence-electron chi connectivity index (χ1n) is 8.46. The molecule has 0 aromatic rings. The molecule has 6 nitrogen and oxygen atoms in total. The van der Waals surface area contributed by atoms with Gasteiger partial charge in [0.15, 0.2) is 0 Å². The van der Waals surface area contributed by atoms with Gasteiger partial charge in [-0.1, -0.05) is 0 Å². The van der Waals surface area contributed by atoms with Gasteiger partial charge in [-0.2, -0.15) is 0 Å². The smallest absolute Gasteiger partial charge is 0.410 e. The number of nitrogens with one attached hydrogen (secondary N) is 1. The van der Waals surface area contributed by atoms with Crippen LogP contribution in [0, 0.1) is 0 Å². The van der Waals surface area contributed by atoms with Crippen LogP contribution in [0.1, 0.15) is 33.6 Å². The fourth-order valence-corrected chi connectivity index (χ4v) is 2.94. The molecule has 128 valence electrons. The van der Waals surface area contributed by atoms with Crippen LogP contribution in [0.5, 0.6) is 0 Å². The lowest BCUT2D eigenvalue weighted by Crippen LogP contribution is -2.46. The van der Waals surface area contributed by atoms with Gasteiger partial charge in [0.2, 0.25) is 0 Å². The molecular weight excluding hydrogens is 282 g/mol. The Balaban J connectivity index is 1.66. The van der Waals surface area contributed by atoms with Crippen molar-refractivity contribution in [1.29, 1.82) is 0 Å². The third-order valence-corrected chi connectivity index (χ3v) is 4.09. The maximum absolute atomic E-state index is 12.2. The van der Waals surface area contributed by atoms with Gasteiger partial charge in [0, 0.05) is 45.3 Å². The topological polar surface area (TPSA) is 54.0 Å². The maximum Gasteiger partial charge on any atom is 0.410 e. The van der Waals surface area contributed by atoms with Crippen LogP contribution in [-0.4, -0.2) is 80.0 Å². The van der Waals surface area contributed by atoms with Gasteiger partial charge in [0.05, 0.1) is 13.2 Å². The van der Waals surface area contributed by atoms with E-state index in [9.17, 15) is 4.79 Å². The minimum Gasteiger partial charge on any atom is -0.444 e. The average Bonchev–Trinajstić information content (AvgIpc) is 2.91. The van der Waals surface area contributed by atoms with E-state index in [1.54, 1.807) is 0 Å². The van der Waals surface area contributed by atoms with Gasteiger partial charge in [0.25, 0.3) is 0 Å². The largest absolute Gasteiger partial charge is 0.444 e. The highest BCUT2D eigenvalue weighted by Gasteiger charge is 2.31. The molecule has 2 saturated heterocycles. The molecule has 1 atom stereocenters. The number of hydrogen-bond donors (Lipinski definition) is 1. The van der Waals surface area contributed by atoms with E-state index in [2.05, 4.69) is 10.2 Å². The van der Waals surface area contributed by atoms with Crippen molar-refractivity contribution in [2.45, 2.75) is 45.3 Å². The second-order valence-electron chi connectivity index (χ2n) is 7.13. The van der Waals surface area contributed by atoms with Crippen molar-refractivity contribution >= 4 is 6.09 Å². The molecule has 1 unspecified atom stereocenters. The molecule has 2 heterocycles. The van der Waals surface area contributed by atoms with Crippen molar-refractivity contribution in [3.63, 3.8) is 0 Å². The second-order valence-corrected chi connectivity index (χ2v) is 7.13. The lowest BCUT2D eigenvalue weighted by Gasteiger charge is -2.29. The van der Waals surface area contributed by atoms with E-state index in [1.807, 2.05) is 25.7 Å². The van der Waals surface area contributed by atoms with Crippen LogP contribution in [0.3, 0.4) is 0 Å². The van der Waals surface area contributed by atoms with Crippen molar-refractivity contribution in [1.82, 2.24) is 15.1 Å². The zero-order valence-corrected chi connectivity index (χ0v) is 14.3. The van der Waals surface area contributed by atoms with Crippen molar-refractivity contribution in [2.75, 3.05) is 52.5 Å². The number of nitrogens with zero attached hydrogens (tertiary/aromatic N) is 2. The summed E-state index contributed by atoms with van der Waals surface area (Å²) in [7, 11) is 0. The summed E-state index contributed by atoms with van der Waals surface area (Å²) in [6, 6.07) is 0.263. The average molecular weight is 313 g/mol. The molecule has 6 heteroatoms. The van der Waals surface area contributed by atoms with Crippen LogP contribution in [-0.2, 0) is 9.47 Å². The number of likely N-dealkylation sites (tertiary alicyclic amines) is 1. The number of morpholine rings is 1. The molecule has 0 bridgehead atoms. The Morgan fingerprint density at radius 2 is 2.00 bits per heavy atom. The highest BCUT2D eigenvalue weighted by atomic mass is 16.6. The van der Waals surface area contributed by atoms with Gasteiger partial charge in [-0.25, -0.2) is 4.79 Å². The molecule has 0 aromatic heterocycles. The molecule has 2 fully saturated rings. The van der Waals surface area contributed by atoms with Crippen LogP contribution in [0.2, 0.25) is 0 Å². The first-order valence-corrected chi connectivity index (χ1v) is 8.46. The van der Waals surface area contributed by atoms with E-state index in [0.717, 1.165) is 65.3 Å². The van der Waals surface area contributed by atoms with Crippen molar-refractivity contribution in [3.05, 3.63) is 0 Å². The second kappa shape index (κ2) is 8.13. The monoisotopic (exact) mass is 313 g/mol. The highest BCUT2D eigenvalue weighted by Crippen LogP contribution is 2.20. The summed E-state index contributed by atoms with van der Waals surface area (Å²) < 4.78 is 10.8. The van der Waals surface area contributed by atoms with Gasteiger partial charge in [-0.15, -0.1) is 0 Å². The quantitative estimate of drug-likeness (QED) is 0.776. The summed E-state index contributed by atoms with van der Waals surface area (Å²) in [5.41, 5.74) is -0.423. The lowest BCUT2D eigenvalue weighted by atomic mass is 10.2. The fourth-order valence-electron chi connectivity index (χ4n) is 2.94. The van der Waals surface area contributed by atoms with Gasteiger partial charge in [-0.3, -0.25) is 4.90 Å². The number of hydrogen-bond acceptors (Lipinski definition) is 5. The summed E-state index contributed by atoms with van der Waals surface area (Å²) >= 11 is 0. The number of carbonyl (C=O) groups is 1. The summed E-state index contributed by atoms with van der Waals surface area (Å²) in [5, 5.41) is 3.49. The predicted molar refractivity (Wildman–Crippen MR) is 86.1 cm³/mol. The fraction of sp³-hybridized carbons (Fsp3) is 0.938. The molecule has 1 amide bonds. The third-order valence-electron chi connectivity index (χ3n) is 4.09. The Kier molecular flexibility index (Phi) is 6.47. The first kappa shape index (κ1) is 17.5. The standard InChI is InChI=1S/C16H31N3O3/c1-16(2,3)22-15(20)19-7-4-5-14(19)13-17-6-8-18-9-11-21-12-10-18/h14,17H,4-13H2,1-3H3. The molecule has 1 N–H and O–H groups in total. The molecule has 22 heavy (non-hydrogen) atoms. The minimum absolute atomic E-state index is 0.176. The highest BCUT2D eigenvalue weighted by molar-refractivity contribution is 5.69. The Bertz CT molecular complexity index is 351. The molecular formula is C16H31N3O3. The molecule has 2 aliphatic heterocycles. The number of amides is 1. The third kappa shape index (κ3) is 5.74. The normalized spacial score (nSPS) is 23.8. The summed E-state index contributed by atoms with van der Waals surface area (Å²) in [6.07, 6.45) is 1.95. The number of ether oxygens (including phenoxy) is 2. The molecule has 0 saturated carbocycles. The van der Waals surface area contributed by atoms with Crippen molar-refractivity contribution in [3.8, 4) is 0 Å². The van der Waals surface area contributed by atoms with Crippen molar-refractivity contribution in [2.24, 2.45) is 0 Å². The van der Waals surface area contributed by atoms with Gasteiger partial charge >= 0.3 is 6.09 Å². The van der Waals surface area contributed by atoms with Crippen molar-refractivity contribution < 1.29 is 14.3 Å². The summed E-state index contributed by atoms with van der Waals surface area (Å²) in [4.78, 5) is 16.5. The Labute approximate surface area is 134 Å². The Morgan fingerprint density at radius 3 is 2.68 bits per heavy atom. The van der Waals surface area contributed by atoms with Crippen LogP contribution in [0.4, 0.5) is 4.79 Å². The van der Waals surface area contributed by atoms with Gasteiger partial charge < -0.3 is 19.7 Å². The van der Waals surface area contributed by atoms with Crippen LogP contribution in [0.25, 0.3) is 0 Å². The Morgan fingerprint density at radius 1 is 1.27 bits per heavy atom. The van der Waals surface area contributed by atoms with E-state index in [0.29, 0.717) is 0 Å². The van der Waals surface area contributed by atoms with E-state index in [-0.39, 0.29) is 12.1 Å². The molecule has 2 aliphatic rings. The molecule has 2 rings (SSSR count). The molecule has 0 radical (unpaired) electrons. The minimum atomic E-state index is -0.423. The number of rotatable bonds is 5. The first-order chi connectivity index (χ1) is 10.5. The Hall–Kier alpha value is -0.850. The lowest BCUT2D eigenvalue weighted by molar-refractivity contribution is 0.0222. The van der Waals surface area contributed by atoms with Gasteiger partial charge in [0.1, 0.15) is 5.60 Å². The zero-order valence-electron chi connectivity index (χ0n) is 14.3. The molecule has 0 spiro atoms. The van der Waals surface area contributed by atoms with Crippen LogP contribution in [0.15, 0.2) is 0 Å². The zero-order chi connectivity index (χ0) is 16.0. The molecule has 0 aliphatic carbocycles.